The summed E-state index contributed by atoms with van der Waals surface area (Å²) in [6.45, 7) is 0. The highest BCUT2D eigenvalue weighted by Crippen LogP contribution is 2.25. The predicted molar refractivity (Wildman–Crippen MR) is 78.4 cm³/mol. The maximum absolute atomic E-state index is 13.3. The van der Waals surface area contributed by atoms with Gasteiger partial charge in [0, 0.05) is 0 Å². The number of halogens is 3. The van der Waals surface area contributed by atoms with E-state index in [4.69, 9.17) is 16.3 Å². The molecule has 0 radical (unpaired) electrons. The standard InChI is InChI=1S/C16H8ClF2NO2/c17-11-8-13(19)12(18)7-10(11)15-20-14(16(21)22-15)6-9-4-2-1-3-5-9/h1-8H/b14-6+. The van der Waals surface area contributed by atoms with Crippen LogP contribution in [0.15, 0.2) is 53.2 Å². The SMILES string of the molecule is O=C1OC(c2cc(F)c(F)cc2Cl)=N/C1=C/c1ccccc1. The van der Waals surface area contributed by atoms with Crippen molar-refractivity contribution in [3.63, 3.8) is 0 Å². The molecule has 0 unspecified atom stereocenters. The molecular formula is C16H8ClF2NO2. The van der Waals surface area contributed by atoms with Gasteiger partial charge in [0.25, 0.3) is 0 Å². The van der Waals surface area contributed by atoms with Gasteiger partial charge in [-0.15, -0.1) is 0 Å². The maximum Gasteiger partial charge on any atom is 0.363 e. The van der Waals surface area contributed by atoms with E-state index in [1.807, 2.05) is 18.2 Å². The molecule has 2 aromatic carbocycles. The van der Waals surface area contributed by atoms with Crippen LogP contribution in [0.5, 0.6) is 0 Å². The fourth-order valence-electron chi connectivity index (χ4n) is 1.92. The molecule has 0 aromatic heterocycles. The highest BCUT2D eigenvalue weighted by molar-refractivity contribution is 6.34. The van der Waals surface area contributed by atoms with Crippen molar-refractivity contribution in [3.8, 4) is 0 Å². The van der Waals surface area contributed by atoms with E-state index < -0.39 is 17.6 Å². The summed E-state index contributed by atoms with van der Waals surface area (Å²) in [6.07, 6.45) is 1.53. The van der Waals surface area contributed by atoms with Crippen LogP contribution in [0.1, 0.15) is 11.1 Å². The number of benzene rings is 2. The smallest absolute Gasteiger partial charge is 0.363 e. The van der Waals surface area contributed by atoms with Gasteiger partial charge in [-0.25, -0.2) is 18.6 Å². The topological polar surface area (TPSA) is 38.7 Å². The third kappa shape index (κ3) is 2.76. The lowest BCUT2D eigenvalue weighted by atomic mass is 10.2. The second kappa shape index (κ2) is 5.69. The molecule has 2 aromatic rings. The van der Waals surface area contributed by atoms with Crippen LogP contribution in [-0.2, 0) is 9.53 Å². The Bertz CT molecular complexity index is 816. The Morgan fingerprint density at radius 1 is 1.09 bits per heavy atom. The molecule has 0 spiro atoms. The Labute approximate surface area is 129 Å². The third-order valence-electron chi connectivity index (χ3n) is 2.96. The first-order valence-electron chi connectivity index (χ1n) is 6.27. The quantitative estimate of drug-likeness (QED) is 0.477. The monoisotopic (exact) mass is 319 g/mol. The summed E-state index contributed by atoms with van der Waals surface area (Å²) in [5.41, 5.74) is 0.836. The van der Waals surface area contributed by atoms with Crippen molar-refractivity contribution < 1.29 is 18.3 Å². The van der Waals surface area contributed by atoms with Gasteiger partial charge in [0.1, 0.15) is 0 Å². The Morgan fingerprint density at radius 3 is 2.50 bits per heavy atom. The normalized spacial score (nSPS) is 15.9. The molecule has 1 aliphatic rings. The van der Waals surface area contributed by atoms with Crippen molar-refractivity contribution >= 4 is 29.5 Å². The molecule has 0 atom stereocenters. The Morgan fingerprint density at radius 2 is 1.77 bits per heavy atom. The van der Waals surface area contributed by atoms with Crippen LogP contribution in [0.25, 0.3) is 6.08 Å². The van der Waals surface area contributed by atoms with Gasteiger partial charge in [-0.3, -0.25) is 0 Å². The molecule has 0 saturated carbocycles. The number of hydrogen-bond acceptors (Lipinski definition) is 3. The second-order valence-corrected chi connectivity index (χ2v) is 4.90. The third-order valence-corrected chi connectivity index (χ3v) is 3.28. The minimum absolute atomic E-state index is 0.0189. The minimum atomic E-state index is -1.10. The lowest BCUT2D eigenvalue weighted by Gasteiger charge is -2.03. The Balaban J connectivity index is 2.00. The molecular weight excluding hydrogens is 312 g/mol. The first-order valence-corrected chi connectivity index (χ1v) is 6.65. The number of rotatable bonds is 2. The molecule has 1 heterocycles. The molecule has 110 valence electrons. The number of esters is 1. The molecule has 1 aliphatic heterocycles. The number of hydrogen-bond donors (Lipinski definition) is 0. The van der Waals surface area contributed by atoms with Crippen LogP contribution in [0.4, 0.5) is 8.78 Å². The predicted octanol–water partition coefficient (Wildman–Crippen LogP) is 3.96. The van der Waals surface area contributed by atoms with Gasteiger partial charge >= 0.3 is 5.97 Å². The maximum atomic E-state index is 13.3. The van der Waals surface area contributed by atoms with Crippen LogP contribution in [0.2, 0.25) is 5.02 Å². The fourth-order valence-corrected chi connectivity index (χ4v) is 2.15. The summed E-state index contributed by atoms with van der Waals surface area (Å²) >= 11 is 5.84. The summed E-state index contributed by atoms with van der Waals surface area (Å²) in [7, 11) is 0. The lowest BCUT2D eigenvalue weighted by Crippen LogP contribution is -2.07. The zero-order valence-corrected chi connectivity index (χ0v) is 11.8. The number of carbonyl (C=O) groups is 1. The van der Waals surface area contributed by atoms with E-state index in [9.17, 15) is 13.6 Å². The van der Waals surface area contributed by atoms with Gasteiger partial charge in [-0.1, -0.05) is 41.9 Å². The molecule has 3 rings (SSSR count). The van der Waals surface area contributed by atoms with Crippen LogP contribution < -0.4 is 0 Å². The number of ether oxygens (including phenoxy) is 1. The summed E-state index contributed by atoms with van der Waals surface area (Å²) in [5, 5.41) is -0.0913. The van der Waals surface area contributed by atoms with Crippen LogP contribution in [0.3, 0.4) is 0 Å². The molecule has 22 heavy (non-hydrogen) atoms. The highest BCUT2D eigenvalue weighted by Gasteiger charge is 2.26. The van der Waals surface area contributed by atoms with Crippen LogP contribution in [0, 0.1) is 11.6 Å². The van der Waals surface area contributed by atoms with Crippen molar-refractivity contribution in [2.45, 2.75) is 0 Å². The van der Waals surface area contributed by atoms with Crippen LogP contribution in [-0.4, -0.2) is 11.9 Å². The van der Waals surface area contributed by atoms with E-state index in [2.05, 4.69) is 4.99 Å². The summed E-state index contributed by atoms with van der Waals surface area (Å²) in [5.74, 6) is -3.02. The van der Waals surface area contributed by atoms with Crippen molar-refractivity contribution in [1.82, 2.24) is 0 Å². The number of aliphatic imine (C=N–C) groups is 1. The number of nitrogens with zero attached hydrogens (tertiary/aromatic N) is 1. The molecule has 0 aliphatic carbocycles. The first kappa shape index (κ1) is 14.4. The van der Waals surface area contributed by atoms with Crippen molar-refractivity contribution in [3.05, 3.63) is 75.9 Å². The van der Waals surface area contributed by atoms with E-state index >= 15 is 0 Å². The van der Waals surface area contributed by atoms with E-state index in [1.165, 1.54) is 6.08 Å². The van der Waals surface area contributed by atoms with Gasteiger partial charge in [-0.05, 0) is 23.8 Å². The molecule has 3 nitrogen and oxygen atoms in total. The zero-order chi connectivity index (χ0) is 15.7. The zero-order valence-electron chi connectivity index (χ0n) is 11.0. The molecule has 0 bridgehead atoms. The van der Waals surface area contributed by atoms with Crippen molar-refractivity contribution in [1.29, 1.82) is 0 Å². The first-order chi connectivity index (χ1) is 10.5. The Hall–Kier alpha value is -2.53. The molecule has 0 fully saturated rings. The van der Waals surface area contributed by atoms with Crippen molar-refractivity contribution in [2.24, 2.45) is 4.99 Å². The summed E-state index contributed by atoms with van der Waals surface area (Å²) in [4.78, 5) is 15.8. The van der Waals surface area contributed by atoms with E-state index in [1.54, 1.807) is 12.1 Å². The molecule has 0 amide bonds. The number of cyclic esters (lactones) is 1. The molecule has 0 N–H and O–H groups in total. The summed E-state index contributed by atoms with van der Waals surface area (Å²) in [6, 6.07) is 10.7. The van der Waals surface area contributed by atoms with E-state index in [-0.39, 0.29) is 22.2 Å². The lowest BCUT2D eigenvalue weighted by molar-refractivity contribution is -0.129. The highest BCUT2D eigenvalue weighted by atomic mass is 35.5. The largest absolute Gasteiger partial charge is 0.402 e. The van der Waals surface area contributed by atoms with Gasteiger partial charge in [0.2, 0.25) is 5.90 Å². The molecule has 0 saturated heterocycles. The van der Waals surface area contributed by atoms with Gasteiger partial charge in [-0.2, -0.15) is 0 Å². The average Bonchev–Trinajstić information content (AvgIpc) is 2.85. The average molecular weight is 320 g/mol. The van der Waals surface area contributed by atoms with E-state index in [0.29, 0.717) is 0 Å². The Kier molecular flexibility index (Phi) is 3.73. The summed E-state index contributed by atoms with van der Waals surface area (Å²) < 4.78 is 31.4. The van der Waals surface area contributed by atoms with E-state index in [0.717, 1.165) is 17.7 Å². The number of carbonyl (C=O) groups excluding carboxylic acids is 1. The van der Waals surface area contributed by atoms with Gasteiger partial charge in [0.15, 0.2) is 17.3 Å². The fraction of sp³-hybridized carbons (Fsp3) is 0. The van der Waals surface area contributed by atoms with Crippen LogP contribution >= 0.6 is 11.6 Å². The second-order valence-electron chi connectivity index (χ2n) is 4.49. The van der Waals surface area contributed by atoms with Crippen molar-refractivity contribution in [2.75, 3.05) is 0 Å². The minimum Gasteiger partial charge on any atom is -0.402 e. The van der Waals surface area contributed by atoms with Gasteiger partial charge in [0.05, 0.1) is 10.6 Å². The van der Waals surface area contributed by atoms with Gasteiger partial charge < -0.3 is 4.74 Å². The molecule has 6 heteroatoms.